The minimum absolute atomic E-state index is 0.417. The van der Waals surface area contributed by atoms with Crippen LogP contribution in [0.2, 0.25) is 0 Å². The van der Waals surface area contributed by atoms with Gasteiger partial charge in [-0.15, -0.1) is 11.8 Å². The van der Waals surface area contributed by atoms with Crippen molar-refractivity contribution < 1.29 is 13.2 Å². The average Bonchev–Trinajstić information content (AvgIpc) is 3.32. The molecule has 2 aromatic rings. The molecule has 1 aliphatic rings. The van der Waals surface area contributed by atoms with E-state index in [-0.39, 0.29) is 0 Å². The summed E-state index contributed by atoms with van der Waals surface area (Å²) < 4.78 is 26.2. The van der Waals surface area contributed by atoms with Crippen LogP contribution in [0.15, 0.2) is 39.8 Å². The Hall–Kier alpha value is -1.12. The van der Waals surface area contributed by atoms with Crippen molar-refractivity contribution in [3.63, 3.8) is 0 Å². The van der Waals surface area contributed by atoms with Crippen LogP contribution in [0, 0.1) is 0 Å². The molecule has 0 unspecified atom stereocenters. The fourth-order valence-corrected chi connectivity index (χ4v) is 5.18. The Morgan fingerprint density at radius 3 is 2.71 bits per heavy atom. The van der Waals surface area contributed by atoms with Gasteiger partial charge in [-0.25, -0.2) is 8.42 Å². The Morgan fingerprint density at radius 2 is 2.04 bits per heavy atom. The van der Waals surface area contributed by atoms with Crippen molar-refractivity contribution in [2.75, 3.05) is 0 Å². The lowest BCUT2D eigenvalue weighted by Crippen LogP contribution is -2.44. The first kappa shape index (κ1) is 17.7. The maximum Gasteiger partial charge on any atom is 0.249 e. The third kappa shape index (κ3) is 3.75. The number of hydrogen-bond donors (Lipinski definition) is 1. The lowest BCUT2D eigenvalue weighted by molar-refractivity contribution is -0.120. The summed E-state index contributed by atoms with van der Waals surface area (Å²) in [6.45, 7) is 3.44. The quantitative estimate of drug-likeness (QED) is 0.737. The molecule has 1 amide bonds. The molecule has 0 bridgehead atoms. The van der Waals surface area contributed by atoms with Crippen LogP contribution >= 0.6 is 27.7 Å². The van der Waals surface area contributed by atoms with Gasteiger partial charge in [-0.3, -0.25) is 14.5 Å². The lowest BCUT2D eigenvalue weighted by atomic mass is 10.2. The van der Waals surface area contributed by atoms with Crippen LogP contribution < -0.4 is 4.72 Å². The van der Waals surface area contributed by atoms with Crippen LogP contribution in [-0.2, 0) is 14.8 Å². The Kier molecular flexibility index (Phi) is 4.65. The second kappa shape index (κ2) is 6.31. The van der Waals surface area contributed by atoms with Gasteiger partial charge < -0.3 is 0 Å². The average molecular weight is 429 g/mol. The second-order valence-electron chi connectivity index (χ2n) is 6.26. The fraction of sp³-hybridized carbons (Fsp3) is 0.375. The van der Waals surface area contributed by atoms with Crippen LogP contribution in [0.1, 0.15) is 26.7 Å². The highest BCUT2D eigenvalue weighted by molar-refractivity contribution is 9.10. The number of amides is 1. The molecule has 0 saturated heterocycles. The zero-order chi connectivity index (χ0) is 17.5. The number of carbonyl (C=O) groups excluding carboxylic acids is 1. The van der Waals surface area contributed by atoms with Crippen molar-refractivity contribution in [2.45, 2.75) is 41.6 Å². The van der Waals surface area contributed by atoms with Gasteiger partial charge in [0.2, 0.25) is 15.9 Å². The molecule has 0 radical (unpaired) electrons. The topological polar surface area (TPSA) is 76.1 Å². The molecule has 128 valence electrons. The summed E-state index contributed by atoms with van der Waals surface area (Å²) in [4.78, 5) is 17.7. The van der Waals surface area contributed by atoms with Crippen LogP contribution in [0.3, 0.4) is 0 Å². The third-order valence-electron chi connectivity index (χ3n) is 3.77. The highest BCUT2D eigenvalue weighted by Crippen LogP contribution is 2.38. The molecule has 5 nitrogen and oxygen atoms in total. The first-order valence-electron chi connectivity index (χ1n) is 7.48. The summed E-state index contributed by atoms with van der Waals surface area (Å²) in [5, 5.41) is 0.503. The van der Waals surface area contributed by atoms with E-state index in [0.717, 1.165) is 20.3 Å². The van der Waals surface area contributed by atoms with Gasteiger partial charge in [-0.2, -0.15) is 0 Å². The van der Waals surface area contributed by atoms with Crippen molar-refractivity contribution in [3.8, 4) is 0 Å². The first-order valence-corrected chi connectivity index (χ1v) is 10.6. The summed E-state index contributed by atoms with van der Waals surface area (Å²) in [7, 11) is -3.54. The summed E-state index contributed by atoms with van der Waals surface area (Å²) >= 11 is 4.77. The summed E-state index contributed by atoms with van der Waals surface area (Å²) in [6, 6.07) is 7.58. The number of hydrogen-bond acceptors (Lipinski definition) is 5. The number of fused-ring (bicyclic) bond motifs is 1. The molecule has 1 fully saturated rings. The molecule has 0 aliphatic heterocycles. The molecule has 8 heteroatoms. The van der Waals surface area contributed by atoms with E-state index < -0.39 is 25.9 Å². The SMILES string of the molecule is CC(C)(Sc1ccnc2ccc(Br)cc12)C(=O)NS(=O)(=O)C1CC1. The summed E-state index contributed by atoms with van der Waals surface area (Å²) in [5.74, 6) is -0.501. The number of nitrogens with zero attached hydrogens (tertiary/aromatic N) is 1. The third-order valence-corrected chi connectivity index (χ3v) is 7.36. The van der Waals surface area contributed by atoms with E-state index in [9.17, 15) is 13.2 Å². The lowest BCUT2D eigenvalue weighted by Gasteiger charge is -2.23. The maximum atomic E-state index is 12.5. The van der Waals surface area contributed by atoms with Crippen LogP contribution in [0.25, 0.3) is 10.9 Å². The van der Waals surface area contributed by atoms with Gasteiger partial charge in [0, 0.05) is 21.0 Å². The van der Waals surface area contributed by atoms with Crippen LogP contribution in [0.5, 0.6) is 0 Å². The molecule has 3 rings (SSSR count). The maximum absolute atomic E-state index is 12.5. The molecule has 1 heterocycles. The molecule has 1 saturated carbocycles. The van der Waals surface area contributed by atoms with E-state index in [1.165, 1.54) is 11.8 Å². The Morgan fingerprint density at radius 1 is 1.33 bits per heavy atom. The predicted molar refractivity (Wildman–Crippen MR) is 99.5 cm³/mol. The van der Waals surface area contributed by atoms with E-state index in [4.69, 9.17) is 0 Å². The van der Waals surface area contributed by atoms with Crippen molar-refractivity contribution in [3.05, 3.63) is 34.9 Å². The molecule has 1 aromatic heterocycles. The molecule has 1 N–H and O–H groups in total. The van der Waals surface area contributed by atoms with E-state index >= 15 is 0 Å². The Labute approximate surface area is 153 Å². The van der Waals surface area contributed by atoms with Gasteiger partial charge in [-0.05, 0) is 51.0 Å². The van der Waals surface area contributed by atoms with E-state index in [1.807, 2.05) is 24.3 Å². The number of benzene rings is 1. The molecule has 24 heavy (non-hydrogen) atoms. The van der Waals surface area contributed by atoms with Gasteiger partial charge in [0.25, 0.3) is 0 Å². The van der Waals surface area contributed by atoms with Crippen molar-refractivity contribution in [2.24, 2.45) is 0 Å². The second-order valence-corrected chi connectivity index (χ2v) is 10.8. The molecule has 0 atom stereocenters. The van der Waals surface area contributed by atoms with Gasteiger partial charge in [0.05, 0.1) is 15.5 Å². The molecular weight excluding hydrogens is 412 g/mol. The molecular formula is C16H17BrN2O3S2. The van der Waals surface area contributed by atoms with Gasteiger partial charge in [0.1, 0.15) is 0 Å². The standard InChI is InChI=1S/C16H17BrN2O3S2/c1-16(2,15(20)19-24(21,22)11-4-5-11)23-14-7-8-18-13-6-3-10(17)9-12(13)14/h3,6-9,11H,4-5H2,1-2H3,(H,19,20). The number of nitrogens with one attached hydrogen (secondary N) is 1. The number of pyridine rings is 1. The number of rotatable bonds is 5. The number of thioether (sulfide) groups is 1. The van der Waals surface area contributed by atoms with Crippen LogP contribution in [0.4, 0.5) is 0 Å². The fourth-order valence-electron chi connectivity index (χ4n) is 2.22. The Balaban J connectivity index is 1.86. The van der Waals surface area contributed by atoms with Gasteiger partial charge >= 0.3 is 0 Å². The number of halogens is 1. The van der Waals surface area contributed by atoms with Crippen molar-refractivity contribution in [1.82, 2.24) is 9.71 Å². The highest BCUT2D eigenvalue weighted by Gasteiger charge is 2.40. The first-order chi connectivity index (χ1) is 11.2. The minimum atomic E-state index is -3.54. The molecule has 1 aliphatic carbocycles. The van der Waals surface area contributed by atoms with E-state index in [2.05, 4.69) is 25.6 Å². The minimum Gasteiger partial charge on any atom is -0.272 e. The summed E-state index contributed by atoms with van der Waals surface area (Å²) in [5.41, 5.74) is 0.824. The molecule has 0 spiro atoms. The van der Waals surface area contributed by atoms with Gasteiger partial charge in [0.15, 0.2) is 0 Å². The smallest absolute Gasteiger partial charge is 0.249 e. The van der Waals surface area contributed by atoms with E-state index in [1.54, 1.807) is 20.0 Å². The van der Waals surface area contributed by atoms with E-state index in [0.29, 0.717) is 12.8 Å². The highest BCUT2D eigenvalue weighted by atomic mass is 79.9. The number of sulfonamides is 1. The number of aromatic nitrogens is 1. The zero-order valence-corrected chi connectivity index (χ0v) is 16.5. The largest absolute Gasteiger partial charge is 0.272 e. The predicted octanol–water partition coefficient (Wildman–Crippen LogP) is 3.48. The number of carbonyl (C=O) groups is 1. The summed E-state index contributed by atoms with van der Waals surface area (Å²) in [6.07, 6.45) is 2.94. The Bertz CT molecular complexity index is 909. The zero-order valence-electron chi connectivity index (χ0n) is 13.2. The molecule has 1 aromatic carbocycles. The van der Waals surface area contributed by atoms with Gasteiger partial charge in [-0.1, -0.05) is 15.9 Å². The normalized spacial score (nSPS) is 15.5. The monoisotopic (exact) mass is 428 g/mol. The van der Waals surface area contributed by atoms with Crippen LogP contribution in [-0.4, -0.2) is 29.3 Å². The van der Waals surface area contributed by atoms with Crippen molar-refractivity contribution >= 4 is 54.5 Å². The van der Waals surface area contributed by atoms with Crippen molar-refractivity contribution in [1.29, 1.82) is 0 Å².